The Labute approximate surface area is 792 Å². The molecule has 0 aromatic heterocycles. The molecule has 13 atom stereocenters. The Morgan fingerprint density at radius 1 is 0.357 bits per heavy atom. The molecule has 10 bridgehead atoms. The van der Waals surface area contributed by atoms with E-state index >= 15 is 0 Å². The van der Waals surface area contributed by atoms with E-state index in [9.17, 15) is 28.8 Å². The molecule has 0 aliphatic heterocycles. The Bertz CT molecular complexity index is 2930. The summed E-state index contributed by atoms with van der Waals surface area (Å²) in [4.78, 5) is 72.7. The molecule has 0 heterocycles. The van der Waals surface area contributed by atoms with Gasteiger partial charge in [-0.2, -0.15) is 0 Å². The van der Waals surface area contributed by atoms with Gasteiger partial charge in [-0.15, -0.1) is 0 Å². The van der Waals surface area contributed by atoms with Crippen LogP contribution in [-0.2, 0) is 61.9 Å². The monoisotopic (exact) mass is 1800 g/mol. The summed E-state index contributed by atoms with van der Waals surface area (Å²) in [7, 11) is 0. The highest BCUT2D eigenvalue weighted by atomic mass is 16.7. The molecule has 13 heteroatoms. The number of rotatable bonds is 20. The quantitative estimate of drug-likeness (QED) is 0.0489. The van der Waals surface area contributed by atoms with Crippen LogP contribution in [0.2, 0.25) is 0 Å². The normalized spacial score (nSPS) is 28.5. The molecule has 0 aromatic rings. The first kappa shape index (κ1) is 146. The van der Waals surface area contributed by atoms with E-state index in [0.29, 0.717) is 23.2 Å². The lowest BCUT2D eigenvalue weighted by Gasteiger charge is -2.56. The number of ether oxygens (including phenoxy) is 7. The molecule has 0 N–H and O–H groups in total. The second-order valence-electron chi connectivity index (χ2n) is 43.7. The topological polar surface area (TPSA) is 167 Å². The van der Waals surface area contributed by atoms with Gasteiger partial charge in [0.1, 0.15) is 28.0 Å². The lowest BCUT2D eigenvalue weighted by atomic mass is 9.54. The fraction of sp³-hybridized carbons (Fsp3) is 0.947. The van der Waals surface area contributed by atoms with Gasteiger partial charge in [0.2, 0.25) is 6.29 Å². The van der Waals surface area contributed by atoms with E-state index in [1.54, 1.807) is 0 Å². The minimum atomic E-state index is -0.418. The number of fused-ring (bicyclic) bond motifs is 10. The van der Waals surface area contributed by atoms with Gasteiger partial charge in [-0.3, -0.25) is 28.8 Å². The highest BCUT2D eigenvalue weighted by Crippen LogP contribution is 2.74. The average Bonchev–Trinajstić information content (AvgIpc) is 1.53. The molecule has 12 fully saturated rings. The van der Waals surface area contributed by atoms with E-state index in [0.717, 1.165) is 123 Å². The van der Waals surface area contributed by atoms with Gasteiger partial charge in [0.15, 0.2) is 0 Å². The first-order chi connectivity index (χ1) is 52.4. The SMILES string of the molecule is C.C.C.C.C.C.C.C.C.C.C.C.CC.CC.CC.CC.CCC(C)(C)C(=O)OC(C)(C)C.CCC(C)(C)C(=O)OC(C)(C)C(C)C.CCC(C)(C)C(=O)OC(C)OC12CC3CC(CC(C3)C1)C2.CCC(C)(C)C(=O)OC1(C)CC2CC1C1C3CCC(C3)C21.CCC(C)(C)C(=O)OC1(C)CCC23CC1C(C)(C)C2CCC3C.CCC(C)(C)C(=O)OC1(C)CCCCC1. The summed E-state index contributed by atoms with van der Waals surface area (Å²) >= 11 is 0. The molecule has 0 radical (unpaired) electrons. The maximum Gasteiger partial charge on any atom is 0.313 e. The van der Waals surface area contributed by atoms with E-state index in [1.807, 2.05) is 208 Å². The van der Waals surface area contributed by atoms with Crippen LogP contribution in [0.3, 0.4) is 0 Å². The number of carbonyl (C=O) groups is 6. The second-order valence-corrected chi connectivity index (χ2v) is 43.7. The van der Waals surface area contributed by atoms with Crippen LogP contribution in [0, 0.1) is 120 Å². The molecular weight excluding hydrogens is 1570 g/mol. The van der Waals surface area contributed by atoms with Gasteiger partial charge in [-0.05, 0) is 388 Å². The summed E-state index contributed by atoms with van der Waals surface area (Å²) in [5, 5.41) is 0. The molecule has 1 spiro atoms. The minimum Gasteiger partial charge on any atom is -0.460 e. The van der Waals surface area contributed by atoms with Crippen molar-refractivity contribution >= 4 is 35.8 Å². The van der Waals surface area contributed by atoms with E-state index in [4.69, 9.17) is 33.2 Å². The van der Waals surface area contributed by atoms with Crippen LogP contribution in [0.15, 0.2) is 0 Å². The maximum absolute atomic E-state index is 12.7. The van der Waals surface area contributed by atoms with Crippen LogP contribution in [-0.4, -0.2) is 75.7 Å². The third kappa shape index (κ3) is 36.2. The van der Waals surface area contributed by atoms with Crippen LogP contribution in [0.5, 0.6) is 0 Å². The molecule has 0 aromatic carbocycles. The summed E-state index contributed by atoms with van der Waals surface area (Å²) in [5.41, 5.74) is -2.74. The fourth-order valence-corrected chi connectivity index (χ4v) is 21.1. The Morgan fingerprint density at radius 3 is 1.08 bits per heavy atom. The van der Waals surface area contributed by atoms with Crippen LogP contribution >= 0.6 is 0 Å². The van der Waals surface area contributed by atoms with E-state index in [1.165, 1.54) is 109 Å². The van der Waals surface area contributed by atoms with Crippen molar-refractivity contribution in [1.29, 1.82) is 0 Å². The standard InChI is InChI=1S/C21H36O2.C19H30O2.C18H30O3.C13H24O2.C12H24O2.C10H20O2.4C2H6.12CH4/c1-8-18(3,4)17(22)23-20(7)11-12-21-13-16(20)19(5,6)15(21)10-9-14(21)2;1-5-18(2,3)17(20)21-19(4)10-13-9-14(19)16-12-7-6-11(8-12)15(13)16;1-5-17(3,4)16(19)20-12(2)21-18-9-13-6-14(10-18)8-15(7-13)11-18;1-5-12(2,3)11(14)15-13(4)9-7-6-8-10-13;1-8-11(4,5)10(13)14-12(6,7)9(2)3;1-7-10(5,6)8(11)12-9(2,3)4;4*1-2;;;;;;;;;;;;/h14-16H,8-13H2,1-7H3;11-16H,5-10H2,1-4H3;12-15H,5-11H2,1-4H3;5-10H2,1-4H3;9H,8H2,1-7H3;7H2,1-6H3;4*1-2H3;12*1H4. The zero-order valence-corrected chi connectivity index (χ0v) is 82.5. The van der Waals surface area contributed by atoms with Gasteiger partial charge >= 0.3 is 35.8 Å². The van der Waals surface area contributed by atoms with Gasteiger partial charge < -0.3 is 33.2 Å². The fourth-order valence-electron chi connectivity index (χ4n) is 21.1. The Balaban J connectivity index is -0.000000137. The minimum absolute atomic E-state index is 0. The third-order valence-corrected chi connectivity index (χ3v) is 31.2. The molecule has 0 saturated heterocycles. The van der Waals surface area contributed by atoms with Crippen molar-refractivity contribution < 1.29 is 61.9 Å². The molecular formula is C113H236O13. The summed E-state index contributed by atoms with van der Waals surface area (Å²) in [5.74, 6) is 10.0. The predicted octanol–water partition coefficient (Wildman–Crippen LogP) is 35.9. The summed E-state index contributed by atoms with van der Waals surface area (Å²) in [6.07, 6.45) is 31.2. The third-order valence-electron chi connectivity index (χ3n) is 31.2. The lowest BCUT2D eigenvalue weighted by Crippen LogP contribution is -2.53. The van der Waals surface area contributed by atoms with Crippen molar-refractivity contribution in [3.05, 3.63) is 0 Å². The van der Waals surface area contributed by atoms with Crippen LogP contribution in [0.1, 0.15) is 539 Å². The number of hydrogen-bond acceptors (Lipinski definition) is 13. The average molecular weight is 1800 g/mol. The van der Waals surface area contributed by atoms with E-state index in [2.05, 4.69) is 69.2 Å². The Morgan fingerprint density at radius 2 is 0.706 bits per heavy atom. The van der Waals surface area contributed by atoms with E-state index in [-0.39, 0.29) is 191 Å². The van der Waals surface area contributed by atoms with Gasteiger partial charge in [0.05, 0.1) is 38.1 Å². The van der Waals surface area contributed by atoms with Crippen molar-refractivity contribution in [3.8, 4) is 0 Å². The molecule has 12 aliphatic carbocycles. The zero-order chi connectivity index (χ0) is 88.6. The first-order valence-corrected chi connectivity index (χ1v) is 47.4. The molecule has 12 rings (SSSR count). The summed E-state index contributed by atoms with van der Waals surface area (Å²) in [6.45, 7) is 81.2. The lowest BCUT2D eigenvalue weighted by molar-refractivity contribution is -0.248. The highest BCUT2D eigenvalue weighted by Gasteiger charge is 2.70. The molecule has 13 nitrogen and oxygen atoms in total. The number of esters is 6. The zero-order valence-electron chi connectivity index (χ0n) is 82.5. The maximum atomic E-state index is 12.7. The smallest absolute Gasteiger partial charge is 0.313 e. The second kappa shape index (κ2) is 58.2. The highest BCUT2D eigenvalue weighted by molar-refractivity contribution is 5.78. The van der Waals surface area contributed by atoms with Crippen molar-refractivity contribution in [1.82, 2.24) is 0 Å². The van der Waals surface area contributed by atoms with Gasteiger partial charge in [0.25, 0.3) is 0 Å². The Kier molecular flexibility index (Phi) is 67.3. The van der Waals surface area contributed by atoms with Crippen LogP contribution in [0.25, 0.3) is 0 Å². The molecule has 126 heavy (non-hydrogen) atoms. The molecule has 12 saturated carbocycles. The predicted molar refractivity (Wildman–Crippen MR) is 555 cm³/mol. The van der Waals surface area contributed by atoms with Crippen molar-refractivity contribution in [2.24, 2.45) is 120 Å². The first-order valence-electron chi connectivity index (χ1n) is 47.4. The van der Waals surface area contributed by atoms with Gasteiger partial charge in [-0.1, -0.05) is 227 Å². The number of carbonyl (C=O) groups excluding carboxylic acids is 6. The largest absolute Gasteiger partial charge is 0.460 e. The van der Waals surface area contributed by atoms with Crippen LogP contribution in [0.4, 0.5) is 0 Å². The molecule has 12 aliphatic rings. The molecule has 766 valence electrons. The van der Waals surface area contributed by atoms with Gasteiger partial charge in [0, 0.05) is 11.8 Å². The van der Waals surface area contributed by atoms with E-state index < -0.39 is 11.7 Å². The summed E-state index contributed by atoms with van der Waals surface area (Å²) < 4.78 is 40.8. The number of hydrogen-bond donors (Lipinski definition) is 0. The van der Waals surface area contributed by atoms with Crippen molar-refractivity contribution in [3.63, 3.8) is 0 Å². The molecule has 0 amide bonds. The van der Waals surface area contributed by atoms with Crippen molar-refractivity contribution in [2.45, 2.75) is 579 Å². The van der Waals surface area contributed by atoms with Crippen LogP contribution < -0.4 is 0 Å². The Hall–Kier alpha value is -3.22. The van der Waals surface area contributed by atoms with Gasteiger partial charge in [-0.25, -0.2) is 0 Å². The van der Waals surface area contributed by atoms with Crippen molar-refractivity contribution in [2.75, 3.05) is 0 Å². The summed E-state index contributed by atoms with van der Waals surface area (Å²) in [6, 6.07) is 0. The molecule has 13 unspecified atom stereocenters.